The third kappa shape index (κ3) is 1.20. The Balaban J connectivity index is 2.56. The average molecular weight is 195 g/mol. The van der Waals surface area contributed by atoms with Crippen molar-refractivity contribution in [2.24, 2.45) is 0 Å². The minimum absolute atomic E-state index is 0.0494. The minimum atomic E-state index is -0.327. The molecular formula is C11H14FNO. The van der Waals surface area contributed by atoms with Crippen LogP contribution in [-0.4, -0.2) is 25.3 Å². The Morgan fingerprint density at radius 1 is 1.57 bits per heavy atom. The van der Waals surface area contributed by atoms with Gasteiger partial charge in [0, 0.05) is 24.7 Å². The van der Waals surface area contributed by atoms with Crippen LogP contribution >= 0.6 is 0 Å². The standard InChI is InChI=1S/C11H14FNO/c1-11(7-14)6-13(2)10-4-3-8(12)5-9(10)11/h3-5,14H,6-7H2,1-2H3. The number of benzene rings is 1. The van der Waals surface area contributed by atoms with E-state index in [0.717, 1.165) is 17.8 Å². The number of likely N-dealkylation sites (N-methyl/N-ethyl adjacent to an activating group) is 1. The Kier molecular flexibility index (Phi) is 2.00. The molecule has 1 aromatic rings. The lowest BCUT2D eigenvalue weighted by molar-refractivity contribution is 0.215. The van der Waals surface area contributed by atoms with E-state index in [-0.39, 0.29) is 17.8 Å². The molecule has 0 aliphatic carbocycles. The molecule has 0 saturated carbocycles. The van der Waals surface area contributed by atoms with Gasteiger partial charge in [0.15, 0.2) is 0 Å². The summed E-state index contributed by atoms with van der Waals surface area (Å²) in [6.45, 7) is 2.74. The van der Waals surface area contributed by atoms with Crippen molar-refractivity contribution in [3.63, 3.8) is 0 Å². The second-order valence-corrected chi connectivity index (χ2v) is 4.24. The summed E-state index contributed by atoms with van der Waals surface area (Å²) in [5, 5.41) is 9.33. The number of hydrogen-bond acceptors (Lipinski definition) is 2. The van der Waals surface area contributed by atoms with Crippen LogP contribution in [0.5, 0.6) is 0 Å². The van der Waals surface area contributed by atoms with E-state index < -0.39 is 0 Å². The lowest BCUT2D eigenvalue weighted by atomic mass is 9.85. The number of fused-ring (bicyclic) bond motifs is 1. The summed E-state index contributed by atoms with van der Waals surface area (Å²) in [7, 11) is 1.96. The first-order valence-corrected chi connectivity index (χ1v) is 4.69. The maximum absolute atomic E-state index is 13.1. The van der Waals surface area contributed by atoms with Crippen LogP contribution in [0.3, 0.4) is 0 Å². The van der Waals surface area contributed by atoms with Gasteiger partial charge in [-0.15, -0.1) is 0 Å². The van der Waals surface area contributed by atoms with Crippen molar-refractivity contribution >= 4 is 5.69 Å². The van der Waals surface area contributed by atoms with Crippen LogP contribution in [0.4, 0.5) is 10.1 Å². The van der Waals surface area contributed by atoms with Gasteiger partial charge >= 0.3 is 0 Å². The Morgan fingerprint density at radius 3 is 2.93 bits per heavy atom. The first kappa shape index (κ1) is 9.46. The van der Waals surface area contributed by atoms with E-state index in [0.29, 0.717) is 0 Å². The molecule has 1 aliphatic rings. The highest BCUT2D eigenvalue weighted by molar-refractivity contribution is 5.62. The second kappa shape index (κ2) is 2.95. The predicted octanol–water partition coefficient (Wildman–Crippen LogP) is 1.53. The molecule has 0 aromatic heterocycles. The lowest BCUT2D eigenvalue weighted by Gasteiger charge is -2.21. The molecule has 1 aromatic carbocycles. The van der Waals surface area contributed by atoms with Crippen molar-refractivity contribution in [2.45, 2.75) is 12.3 Å². The summed E-state index contributed by atoms with van der Waals surface area (Å²) in [5.74, 6) is -0.237. The zero-order valence-corrected chi connectivity index (χ0v) is 8.42. The van der Waals surface area contributed by atoms with Crippen molar-refractivity contribution in [1.82, 2.24) is 0 Å². The van der Waals surface area contributed by atoms with Crippen LogP contribution in [0.1, 0.15) is 12.5 Å². The van der Waals surface area contributed by atoms with E-state index in [9.17, 15) is 9.50 Å². The van der Waals surface area contributed by atoms with Crippen molar-refractivity contribution in [3.8, 4) is 0 Å². The molecule has 1 aliphatic heterocycles. The molecule has 0 amide bonds. The van der Waals surface area contributed by atoms with Gasteiger partial charge in [0.25, 0.3) is 0 Å². The van der Waals surface area contributed by atoms with Gasteiger partial charge in [0.2, 0.25) is 0 Å². The Labute approximate surface area is 83.0 Å². The lowest BCUT2D eigenvalue weighted by Crippen LogP contribution is -2.32. The number of rotatable bonds is 1. The molecule has 14 heavy (non-hydrogen) atoms. The summed E-state index contributed by atoms with van der Waals surface area (Å²) in [5.41, 5.74) is 1.59. The van der Waals surface area contributed by atoms with Gasteiger partial charge in [-0.25, -0.2) is 4.39 Å². The van der Waals surface area contributed by atoms with Gasteiger partial charge in [-0.3, -0.25) is 0 Å². The highest BCUT2D eigenvalue weighted by Crippen LogP contribution is 2.39. The predicted molar refractivity (Wildman–Crippen MR) is 54.1 cm³/mol. The molecular weight excluding hydrogens is 181 g/mol. The van der Waals surface area contributed by atoms with E-state index in [1.165, 1.54) is 12.1 Å². The zero-order valence-electron chi connectivity index (χ0n) is 8.42. The molecule has 1 atom stereocenters. The quantitative estimate of drug-likeness (QED) is 0.734. The summed E-state index contributed by atoms with van der Waals surface area (Å²) in [6.07, 6.45) is 0. The molecule has 76 valence electrons. The minimum Gasteiger partial charge on any atom is -0.395 e. The third-order valence-electron chi connectivity index (χ3n) is 2.96. The van der Waals surface area contributed by atoms with Gasteiger partial charge < -0.3 is 10.0 Å². The fourth-order valence-electron chi connectivity index (χ4n) is 2.15. The van der Waals surface area contributed by atoms with Crippen molar-refractivity contribution in [1.29, 1.82) is 0 Å². The fraction of sp³-hybridized carbons (Fsp3) is 0.455. The van der Waals surface area contributed by atoms with E-state index in [4.69, 9.17) is 0 Å². The van der Waals surface area contributed by atoms with Crippen LogP contribution in [0.2, 0.25) is 0 Å². The normalized spacial score (nSPS) is 25.3. The van der Waals surface area contributed by atoms with Crippen LogP contribution in [0.15, 0.2) is 18.2 Å². The van der Waals surface area contributed by atoms with Gasteiger partial charge in [-0.2, -0.15) is 0 Å². The molecule has 0 spiro atoms. The number of halogens is 1. The number of aliphatic hydroxyl groups is 1. The Hall–Kier alpha value is -1.09. The van der Waals surface area contributed by atoms with Crippen molar-refractivity contribution < 1.29 is 9.50 Å². The number of anilines is 1. The first-order valence-electron chi connectivity index (χ1n) is 4.69. The van der Waals surface area contributed by atoms with Gasteiger partial charge in [-0.1, -0.05) is 6.92 Å². The number of nitrogens with zero attached hydrogens (tertiary/aromatic N) is 1. The first-order chi connectivity index (χ1) is 6.57. The molecule has 0 bridgehead atoms. The Morgan fingerprint density at radius 2 is 2.29 bits per heavy atom. The highest BCUT2D eigenvalue weighted by atomic mass is 19.1. The second-order valence-electron chi connectivity index (χ2n) is 4.24. The molecule has 3 heteroatoms. The largest absolute Gasteiger partial charge is 0.395 e. The van der Waals surface area contributed by atoms with Crippen LogP contribution in [0.25, 0.3) is 0 Å². The Bertz CT molecular complexity index is 366. The van der Waals surface area contributed by atoms with Crippen molar-refractivity contribution in [2.75, 3.05) is 25.1 Å². The zero-order chi connectivity index (χ0) is 10.3. The molecule has 0 fully saturated rings. The highest BCUT2D eigenvalue weighted by Gasteiger charge is 2.37. The van der Waals surface area contributed by atoms with Crippen molar-refractivity contribution in [3.05, 3.63) is 29.6 Å². The van der Waals surface area contributed by atoms with Gasteiger partial charge in [0.05, 0.1) is 6.61 Å². The SMILES string of the molecule is CN1CC(C)(CO)c2cc(F)ccc21. The van der Waals surface area contributed by atoms with E-state index in [1.807, 2.05) is 18.9 Å². The fourth-order valence-corrected chi connectivity index (χ4v) is 2.15. The smallest absolute Gasteiger partial charge is 0.123 e. The molecule has 0 saturated heterocycles. The third-order valence-corrected chi connectivity index (χ3v) is 2.96. The van der Waals surface area contributed by atoms with Crippen LogP contribution < -0.4 is 4.90 Å². The van der Waals surface area contributed by atoms with Gasteiger partial charge in [0.1, 0.15) is 5.82 Å². The number of hydrogen-bond donors (Lipinski definition) is 1. The van der Waals surface area contributed by atoms with E-state index >= 15 is 0 Å². The molecule has 1 N–H and O–H groups in total. The topological polar surface area (TPSA) is 23.5 Å². The average Bonchev–Trinajstić information content (AvgIpc) is 2.40. The van der Waals surface area contributed by atoms with Crippen LogP contribution in [0, 0.1) is 5.82 Å². The summed E-state index contributed by atoms with van der Waals surface area (Å²) in [6, 6.07) is 4.75. The molecule has 1 heterocycles. The van der Waals surface area contributed by atoms with E-state index in [1.54, 1.807) is 6.07 Å². The molecule has 2 rings (SSSR count). The maximum Gasteiger partial charge on any atom is 0.123 e. The maximum atomic E-state index is 13.1. The van der Waals surface area contributed by atoms with Crippen LogP contribution in [-0.2, 0) is 5.41 Å². The summed E-state index contributed by atoms with van der Waals surface area (Å²) < 4.78 is 13.1. The van der Waals surface area contributed by atoms with E-state index in [2.05, 4.69) is 0 Å². The summed E-state index contributed by atoms with van der Waals surface area (Å²) in [4.78, 5) is 2.05. The molecule has 0 radical (unpaired) electrons. The molecule has 1 unspecified atom stereocenters. The van der Waals surface area contributed by atoms with Gasteiger partial charge in [-0.05, 0) is 23.8 Å². The number of aliphatic hydroxyl groups excluding tert-OH is 1. The molecule has 2 nitrogen and oxygen atoms in total. The monoisotopic (exact) mass is 195 g/mol. The summed E-state index contributed by atoms with van der Waals surface area (Å²) >= 11 is 0.